The van der Waals surface area contributed by atoms with E-state index < -0.39 is 17.9 Å². The van der Waals surface area contributed by atoms with E-state index in [1.807, 2.05) is 0 Å². The van der Waals surface area contributed by atoms with Gasteiger partial charge in [0.1, 0.15) is 0 Å². The summed E-state index contributed by atoms with van der Waals surface area (Å²) >= 11 is 0. The van der Waals surface area contributed by atoms with Crippen molar-refractivity contribution in [3.8, 4) is 0 Å². The van der Waals surface area contributed by atoms with E-state index in [4.69, 9.17) is 0 Å². The molecular weight excluding hydrogens is 236 g/mol. The van der Waals surface area contributed by atoms with Crippen LogP contribution in [-0.2, 0) is 26.7 Å². The minimum atomic E-state index is -1.69. The molecule has 4 nitrogen and oxygen atoms in total. The Morgan fingerprint density at radius 3 is 1.79 bits per heavy atom. The van der Waals surface area contributed by atoms with Crippen LogP contribution in [0.1, 0.15) is 11.5 Å². The van der Waals surface area contributed by atoms with Gasteiger partial charge in [0.2, 0.25) is 0 Å². The van der Waals surface area contributed by atoms with Crippen molar-refractivity contribution in [2.45, 2.75) is 5.92 Å². The van der Waals surface area contributed by atoms with Crippen molar-refractivity contribution in [3.05, 3.63) is 35.9 Å². The van der Waals surface area contributed by atoms with Gasteiger partial charge in [0.15, 0.2) is 0 Å². The minimum absolute atomic E-state index is 0. The number of benzene rings is 1. The fraction of sp³-hybridized carbons (Fsp3) is 0.111. The van der Waals surface area contributed by atoms with Crippen molar-refractivity contribution in [1.82, 2.24) is 0 Å². The Labute approximate surface area is 91.0 Å². The van der Waals surface area contributed by atoms with Gasteiger partial charge >= 0.3 is 17.1 Å². The molecule has 5 heteroatoms. The summed E-state index contributed by atoms with van der Waals surface area (Å²) in [5.74, 6) is -5.02. The molecule has 14 heavy (non-hydrogen) atoms. The van der Waals surface area contributed by atoms with E-state index in [-0.39, 0.29) is 22.6 Å². The fourth-order valence-corrected chi connectivity index (χ4v) is 1.01. The Bertz CT molecular complexity index is 309. The van der Waals surface area contributed by atoms with Crippen LogP contribution in [0.5, 0.6) is 0 Å². The molecule has 0 unspecified atom stereocenters. The SMILES string of the molecule is O=C([O-])C(C(=O)[O-])c1ccccc1.[Cu+2]. The van der Waals surface area contributed by atoms with Gasteiger partial charge < -0.3 is 19.8 Å². The molecule has 1 radical (unpaired) electrons. The van der Waals surface area contributed by atoms with Gasteiger partial charge in [-0.3, -0.25) is 0 Å². The molecule has 0 atom stereocenters. The van der Waals surface area contributed by atoms with E-state index in [9.17, 15) is 19.8 Å². The van der Waals surface area contributed by atoms with Crippen LogP contribution in [0, 0.1) is 0 Å². The zero-order valence-electron chi connectivity index (χ0n) is 6.90. The van der Waals surface area contributed by atoms with Crippen LogP contribution < -0.4 is 10.2 Å². The van der Waals surface area contributed by atoms with E-state index in [1.54, 1.807) is 18.2 Å². The van der Waals surface area contributed by atoms with Crippen molar-refractivity contribution >= 4 is 11.9 Å². The summed E-state index contributed by atoms with van der Waals surface area (Å²) in [6, 6.07) is 7.56. The molecule has 1 aromatic rings. The van der Waals surface area contributed by atoms with Crippen LogP contribution in [-0.4, -0.2) is 11.9 Å². The van der Waals surface area contributed by atoms with Crippen LogP contribution in [0.25, 0.3) is 0 Å². The maximum absolute atomic E-state index is 10.4. The molecule has 0 aromatic heterocycles. The van der Waals surface area contributed by atoms with Crippen molar-refractivity contribution in [2.75, 3.05) is 0 Å². The number of carbonyl (C=O) groups is 2. The molecule has 0 fully saturated rings. The summed E-state index contributed by atoms with van der Waals surface area (Å²) < 4.78 is 0. The summed E-state index contributed by atoms with van der Waals surface area (Å²) in [4.78, 5) is 20.8. The third kappa shape index (κ3) is 2.87. The van der Waals surface area contributed by atoms with Gasteiger partial charge in [0.05, 0.1) is 17.9 Å². The number of aliphatic carboxylic acids is 2. The van der Waals surface area contributed by atoms with Crippen LogP contribution >= 0.6 is 0 Å². The molecule has 0 saturated heterocycles. The monoisotopic (exact) mass is 241 g/mol. The summed E-state index contributed by atoms with van der Waals surface area (Å²) in [7, 11) is 0. The van der Waals surface area contributed by atoms with Crippen LogP contribution in [0.2, 0.25) is 0 Å². The van der Waals surface area contributed by atoms with E-state index in [1.165, 1.54) is 12.1 Å². The predicted octanol–water partition coefficient (Wildman–Crippen LogP) is -1.73. The Kier molecular flexibility index (Phi) is 4.91. The van der Waals surface area contributed by atoms with Gasteiger partial charge in [-0.15, -0.1) is 0 Å². The van der Waals surface area contributed by atoms with E-state index >= 15 is 0 Å². The third-order valence-corrected chi connectivity index (χ3v) is 1.60. The normalized spacial score (nSPS) is 9.21. The smallest absolute Gasteiger partial charge is 0.549 e. The minimum Gasteiger partial charge on any atom is -0.549 e. The van der Waals surface area contributed by atoms with Crippen molar-refractivity contribution < 1.29 is 36.9 Å². The molecule has 1 aromatic carbocycles. The standard InChI is InChI=1S/C9H8O4.Cu/c10-8(11)7(9(12)13)6-4-2-1-3-5-6;/h1-5,7H,(H,10,11)(H,12,13);/q;+2/p-2. The van der Waals surface area contributed by atoms with Crippen LogP contribution in [0.3, 0.4) is 0 Å². The Balaban J connectivity index is 0.00000169. The first kappa shape index (κ1) is 12.7. The second-order valence-corrected chi connectivity index (χ2v) is 2.48. The summed E-state index contributed by atoms with van der Waals surface area (Å²) in [5, 5.41) is 20.8. The first-order valence-electron chi connectivity index (χ1n) is 3.59. The molecule has 77 valence electrons. The largest absolute Gasteiger partial charge is 2.00 e. The molecule has 0 amide bonds. The molecule has 0 aliphatic carbocycles. The molecule has 0 bridgehead atoms. The van der Waals surface area contributed by atoms with Crippen LogP contribution in [0.15, 0.2) is 30.3 Å². The van der Waals surface area contributed by atoms with Crippen molar-refractivity contribution in [1.29, 1.82) is 0 Å². The van der Waals surface area contributed by atoms with E-state index in [0.717, 1.165) is 0 Å². The molecular formula is C9H6CuO4. The second-order valence-electron chi connectivity index (χ2n) is 2.48. The summed E-state index contributed by atoms with van der Waals surface area (Å²) in [5.41, 5.74) is 0.155. The van der Waals surface area contributed by atoms with Crippen LogP contribution in [0.4, 0.5) is 0 Å². The first-order chi connectivity index (χ1) is 6.13. The Morgan fingerprint density at radius 1 is 1.00 bits per heavy atom. The van der Waals surface area contributed by atoms with E-state index in [2.05, 4.69) is 0 Å². The van der Waals surface area contributed by atoms with Crippen molar-refractivity contribution in [3.63, 3.8) is 0 Å². The molecule has 0 spiro atoms. The first-order valence-corrected chi connectivity index (χ1v) is 3.59. The molecule has 0 heterocycles. The predicted molar refractivity (Wildman–Crippen MR) is 39.2 cm³/mol. The Hall–Kier alpha value is -1.32. The van der Waals surface area contributed by atoms with Gasteiger partial charge in [-0.1, -0.05) is 30.3 Å². The van der Waals surface area contributed by atoms with Crippen molar-refractivity contribution in [2.24, 2.45) is 0 Å². The number of hydrogen-bond acceptors (Lipinski definition) is 4. The quantitative estimate of drug-likeness (QED) is 0.465. The Morgan fingerprint density at radius 2 is 1.43 bits per heavy atom. The van der Waals surface area contributed by atoms with Gasteiger partial charge in [-0.2, -0.15) is 0 Å². The molecule has 0 aliphatic heterocycles. The van der Waals surface area contributed by atoms with Gasteiger partial charge in [0, 0.05) is 0 Å². The molecule has 0 saturated carbocycles. The number of carboxylic acid groups (broad SMARTS) is 2. The maximum atomic E-state index is 10.4. The van der Waals surface area contributed by atoms with Gasteiger partial charge in [-0.25, -0.2) is 0 Å². The summed E-state index contributed by atoms with van der Waals surface area (Å²) in [6.07, 6.45) is 0. The fourth-order valence-electron chi connectivity index (χ4n) is 1.01. The zero-order valence-corrected chi connectivity index (χ0v) is 7.84. The zero-order chi connectivity index (χ0) is 9.84. The number of rotatable bonds is 3. The number of carbonyl (C=O) groups excluding carboxylic acids is 2. The number of carboxylic acids is 2. The topological polar surface area (TPSA) is 80.3 Å². The van der Waals surface area contributed by atoms with E-state index in [0.29, 0.717) is 0 Å². The maximum Gasteiger partial charge on any atom is 2.00 e. The summed E-state index contributed by atoms with van der Waals surface area (Å²) in [6.45, 7) is 0. The molecule has 0 N–H and O–H groups in total. The number of hydrogen-bond donors (Lipinski definition) is 0. The van der Waals surface area contributed by atoms with Gasteiger partial charge in [-0.05, 0) is 5.56 Å². The molecule has 1 rings (SSSR count). The van der Waals surface area contributed by atoms with Gasteiger partial charge in [0.25, 0.3) is 0 Å². The second kappa shape index (κ2) is 5.42. The molecule has 0 aliphatic rings. The average Bonchev–Trinajstić information content (AvgIpc) is 2.04. The average molecular weight is 242 g/mol. The third-order valence-electron chi connectivity index (χ3n) is 1.60.